The Morgan fingerprint density at radius 2 is 2.18 bits per heavy atom. The number of rotatable bonds is 0. The number of carbonyl (C=O) groups excluding carboxylic acids is 1. The molecule has 0 amide bonds. The SMILES string of the molecule is C#[N+]C1(C)OC(=O)C(O)=C1O. The largest absolute Gasteiger partial charge is 0.499 e. The van der Waals surface area contributed by atoms with Crippen molar-refractivity contribution < 1.29 is 19.7 Å². The van der Waals surface area contributed by atoms with Crippen LogP contribution in [0.1, 0.15) is 6.92 Å². The Balaban J connectivity index is 3.16. The molecule has 0 saturated heterocycles. The average Bonchev–Trinajstić information content (AvgIpc) is 2.17. The molecule has 1 heterocycles. The highest BCUT2D eigenvalue weighted by atomic mass is 16.6. The predicted molar refractivity (Wildman–Crippen MR) is 35.1 cm³/mol. The van der Waals surface area contributed by atoms with E-state index in [2.05, 4.69) is 9.58 Å². The maximum Gasteiger partial charge on any atom is 0.483 e. The van der Waals surface area contributed by atoms with Crippen LogP contribution in [0.2, 0.25) is 0 Å². The third-order valence-corrected chi connectivity index (χ3v) is 1.39. The first-order valence-corrected chi connectivity index (χ1v) is 2.79. The van der Waals surface area contributed by atoms with E-state index in [9.17, 15) is 4.79 Å². The van der Waals surface area contributed by atoms with E-state index in [1.807, 2.05) is 0 Å². The fourth-order valence-corrected chi connectivity index (χ4v) is 0.681. The second kappa shape index (κ2) is 1.89. The molecule has 0 saturated carbocycles. The molecule has 0 aromatic heterocycles. The van der Waals surface area contributed by atoms with Crippen LogP contribution in [0.5, 0.6) is 0 Å². The molecule has 1 atom stereocenters. The molecule has 11 heavy (non-hydrogen) atoms. The van der Waals surface area contributed by atoms with Gasteiger partial charge in [0.15, 0.2) is 0 Å². The van der Waals surface area contributed by atoms with Gasteiger partial charge in [0.25, 0.3) is 18.1 Å². The van der Waals surface area contributed by atoms with Crippen LogP contribution in [0.15, 0.2) is 11.5 Å². The molecular formula is C6H6NO4+. The summed E-state index contributed by atoms with van der Waals surface area (Å²) < 4.78 is 4.42. The zero-order valence-electron chi connectivity index (χ0n) is 5.74. The van der Waals surface area contributed by atoms with Gasteiger partial charge in [-0.1, -0.05) is 0 Å². The highest BCUT2D eigenvalue weighted by Crippen LogP contribution is 2.30. The van der Waals surface area contributed by atoms with Crippen molar-refractivity contribution in [3.05, 3.63) is 16.4 Å². The molecule has 1 rings (SSSR count). The van der Waals surface area contributed by atoms with E-state index in [4.69, 9.17) is 16.8 Å². The highest BCUT2D eigenvalue weighted by Gasteiger charge is 2.54. The lowest BCUT2D eigenvalue weighted by Crippen LogP contribution is -2.22. The first kappa shape index (κ1) is 7.41. The second-order valence-corrected chi connectivity index (χ2v) is 2.20. The van der Waals surface area contributed by atoms with Gasteiger partial charge in [-0.15, -0.1) is 0 Å². The molecule has 2 N–H and O–H groups in total. The van der Waals surface area contributed by atoms with Gasteiger partial charge in [-0.3, -0.25) is 0 Å². The molecule has 0 radical (unpaired) electrons. The number of hydrogen-bond donors (Lipinski definition) is 2. The molecule has 1 aliphatic rings. The van der Waals surface area contributed by atoms with Gasteiger partial charge in [0.1, 0.15) is 0 Å². The Bertz CT molecular complexity index is 287. The Labute approximate surface area is 62.3 Å². The van der Waals surface area contributed by atoms with Crippen LogP contribution in [0.25, 0.3) is 4.85 Å². The summed E-state index contributed by atoms with van der Waals surface area (Å²) in [6.07, 6.45) is 0. The maximum absolute atomic E-state index is 10.6. The summed E-state index contributed by atoms with van der Waals surface area (Å²) in [4.78, 5) is 13.6. The van der Waals surface area contributed by atoms with Crippen LogP contribution >= 0.6 is 0 Å². The standard InChI is InChI=1S/C6H5NO4/c1-6(7-2)4(9)3(8)5(10)11-6/h2H,1H3,(H-,8,9,10)/p+1. The first-order chi connectivity index (χ1) is 5.01. The van der Waals surface area contributed by atoms with Gasteiger partial charge in [0, 0.05) is 0 Å². The van der Waals surface area contributed by atoms with Gasteiger partial charge < -0.3 is 14.9 Å². The molecule has 5 heteroatoms. The third-order valence-electron chi connectivity index (χ3n) is 1.39. The van der Waals surface area contributed by atoms with Gasteiger partial charge in [-0.05, 0) is 4.85 Å². The van der Waals surface area contributed by atoms with E-state index < -0.39 is 23.2 Å². The van der Waals surface area contributed by atoms with E-state index in [0.717, 1.165) is 0 Å². The number of hydrogen-bond acceptors (Lipinski definition) is 4. The Hall–Kier alpha value is -1.70. The number of aliphatic hydroxyl groups is 2. The third kappa shape index (κ3) is 0.799. The van der Waals surface area contributed by atoms with Crippen molar-refractivity contribution in [2.45, 2.75) is 12.6 Å². The maximum atomic E-state index is 10.6. The van der Waals surface area contributed by atoms with Crippen molar-refractivity contribution in [1.82, 2.24) is 0 Å². The summed E-state index contributed by atoms with van der Waals surface area (Å²) in [5, 5.41) is 17.8. The van der Waals surface area contributed by atoms with Gasteiger partial charge in [-0.2, -0.15) is 0 Å². The smallest absolute Gasteiger partial charge is 0.483 e. The number of carbonyl (C=O) groups is 1. The molecule has 5 nitrogen and oxygen atoms in total. The molecule has 1 aliphatic heterocycles. The van der Waals surface area contributed by atoms with E-state index in [1.54, 1.807) is 0 Å². The summed E-state index contributed by atoms with van der Waals surface area (Å²) in [5.74, 6) is -2.54. The summed E-state index contributed by atoms with van der Waals surface area (Å²) in [6, 6.07) is 0. The van der Waals surface area contributed by atoms with Crippen molar-refractivity contribution >= 4 is 5.97 Å². The van der Waals surface area contributed by atoms with Gasteiger partial charge in [-0.25, -0.2) is 4.79 Å². The molecule has 58 valence electrons. The fourth-order valence-electron chi connectivity index (χ4n) is 0.681. The number of nitrogens with zero attached hydrogens (tertiary/aromatic N) is 1. The van der Waals surface area contributed by atoms with Gasteiger partial charge >= 0.3 is 11.7 Å². The fraction of sp³-hybridized carbons (Fsp3) is 0.333. The summed E-state index contributed by atoms with van der Waals surface area (Å²) >= 11 is 0. The quantitative estimate of drug-likeness (QED) is 0.502. The molecule has 1 unspecified atom stereocenters. The van der Waals surface area contributed by atoms with E-state index in [1.165, 1.54) is 6.92 Å². The van der Waals surface area contributed by atoms with Crippen LogP contribution in [0, 0.1) is 6.57 Å². The lowest BCUT2D eigenvalue weighted by molar-refractivity contribution is -0.145. The van der Waals surface area contributed by atoms with Crippen molar-refractivity contribution in [3.8, 4) is 6.57 Å². The topological polar surface area (TPSA) is 71.1 Å². The summed E-state index contributed by atoms with van der Waals surface area (Å²) in [5.41, 5.74) is -1.62. The van der Waals surface area contributed by atoms with Gasteiger partial charge in [0.2, 0.25) is 0 Å². The number of esters is 1. The molecule has 0 fully saturated rings. The normalized spacial score (nSPS) is 30.0. The molecule has 0 aromatic rings. The first-order valence-electron chi connectivity index (χ1n) is 2.79. The van der Waals surface area contributed by atoms with Crippen LogP contribution in [0.3, 0.4) is 0 Å². The molecule has 0 spiro atoms. The molecule has 0 aromatic carbocycles. The second-order valence-electron chi connectivity index (χ2n) is 2.20. The number of aliphatic hydroxyl groups excluding tert-OH is 2. The van der Waals surface area contributed by atoms with Crippen LogP contribution < -0.4 is 0 Å². The summed E-state index contributed by atoms with van der Waals surface area (Å²) in [7, 11) is 0. The molecular weight excluding hydrogens is 150 g/mol. The minimum absolute atomic E-state index is 0.662. The van der Waals surface area contributed by atoms with E-state index in [0.29, 0.717) is 0 Å². The zero-order valence-corrected chi connectivity index (χ0v) is 5.74. The lowest BCUT2D eigenvalue weighted by atomic mass is 10.2. The zero-order chi connectivity index (χ0) is 8.65. The van der Waals surface area contributed by atoms with Crippen LogP contribution in [0.4, 0.5) is 0 Å². The van der Waals surface area contributed by atoms with Crippen LogP contribution in [-0.2, 0) is 9.53 Å². The average molecular weight is 156 g/mol. The van der Waals surface area contributed by atoms with Crippen molar-refractivity contribution in [2.24, 2.45) is 0 Å². The number of cyclic esters (lactones) is 1. The minimum atomic E-state index is -1.62. The Kier molecular flexibility index (Phi) is 1.27. The highest BCUT2D eigenvalue weighted by molar-refractivity contribution is 5.90. The Morgan fingerprint density at radius 1 is 1.64 bits per heavy atom. The van der Waals surface area contributed by atoms with Crippen LogP contribution in [-0.4, -0.2) is 21.9 Å². The minimum Gasteiger partial charge on any atom is -0.499 e. The van der Waals surface area contributed by atoms with E-state index in [-0.39, 0.29) is 0 Å². The van der Waals surface area contributed by atoms with Crippen molar-refractivity contribution in [1.29, 1.82) is 0 Å². The van der Waals surface area contributed by atoms with Gasteiger partial charge in [0.05, 0.1) is 6.92 Å². The van der Waals surface area contributed by atoms with E-state index >= 15 is 0 Å². The lowest BCUT2D eigenvalue weighted by Gasteiger charge is -2.01. The predicted octanol–water partition coefficient (Wildman–Crippen LogP) is 0.550. The van der Waals surface area contributed by atoms with Crippen molar-refractivity contribution in [3.63, 3.8) is 0 Å². The molecule has 0 bridgehead atoms. The summed E-state index contributed by atoms with van der Waals surface area (Å²) in [6.45, 7) is 6.08. The molecule has 0 aliphatic carbocycles. The monoisotopic (exact) mass is 156 g/mol. The number of ether oxygens (including phenoxy) is 1. The van der Waals surface area contributed by atoms with Crippen molar-refractivity contribution in [2.75, 3.05) is 0 Å². The Morgan fingerprint density at radius 3 is 2.36 bits per heavy atom.